The molecule has 0 aliphatic carbocycles. The van der Waals surface area contributed by atoms with Crippen LogP contribution in [0.4, 0.5) is 0 Å². The van der Waals surface area contributed by atoms with Crippen molar-refractivity contribution in [1.29, 1.82) is 0 Å². The Hall–Kier alpha value is -1.71. The van der Waals surface area contributed by atoms with Crippen LogP contribution >= 0.6 is 27.3 Å². The third kappa shape index (κ3) is 3.68. The first-order valence-corrected chi connectivity index (χ1v) is 10.3. The van der Waals surface area contributed by atoms with Crippen LogP contribution in [0.15, 0.2) is 44.4 Å². The number of thiophene rings is 1. The van der Waals surface area contributed by atoms with Crippen molar-refractivity contribution in [1.82, 2.24) is 9.97 Å². The van der Waals surface area contributed by atoms with Crippen LogP contribution in [-0.4, -0.2) is 35.2 Å². The van der Waals surface area contributed by atoms with E-state index >= 15 is 0 Å². The van der Waals surface area contributed by atoms with Gasteiger partial charge in [0.2, 0.25) is 0 Å². The predicted molar refractivity (Wildman–Crippen MR) is 95.0 cm³/mol. The molecule has 0 aliphatic heterocycles. The number of aromatic amines is 1. The molecule has 0 saturated heterocycles. The van der Waals surface area contributed by atoms with Crippen LogP contribution < -0.4 is 0 Å². The molecule has 0 aliphatic rings. The average molecular weight is 429 g/mol. The van der Waals surface area contributed by atoms with Gasteiger partial charge >= 0.3 is 5.97 Å². The highest BCUT2D eigenvalue weighted by Gasteiger charge is 2.28. The highest BCUT2D eigenvalue weighted by Crippen LogP contribution is 2.28. The number of carboxylic acid groups (broad SMARTS) is 1. The SMILES string of the molecule is O=C(O)[C@H](Cc1nc2ccccc2[nH]1)CS(=O)(=O)c1ccc(Br)s1. The van der Waals surface area contributed by atoms with E-state index in [1.807, 2.05) is 24.3 Å². The van der Waals surface area contributed by atoms with Gasteiger partial charge in [0.25, 0.3) is 0 Å². The Kier molecular flexibility index (Phi) is 4.75. The standard InChI is InChI=1S/C15H13BrN2O4S2/c16-12-5-6-14(23-12)24(21,22)8-9(15(19)20)7-13-17-10-3-1-2-4-11(10)18-13/h1-6,9H,7-8H2,(H,17,18)(H,19,20)/t9-/m1/s1. The molecule has 126 valence electrons. The average Bonchev–Trinajstić information content (AvgIpc) is 3.12. The van der Waals surface area contributed by atoms with Crippen molar-refractivity contribution >= 4 is 54.1 Å². The summed E-state index contributed by atoms with van der Waals surface area (Å²) in [4.78, 5) is 18.9. The fourth-order valence-corrected chi connectivity index (χ4v) is 6.02. The second kappa shape index (κ2) is 6.66. The molecular formula is C15H13BrN2O4S2. The largest absolute Gasteiger partial charge is 0.481 e. The zero-order valence-electron chi connectivity index (χ0n) is 12.3. The lowest BCUT2D eigenvalue weighted by atomic mass is 10.1. The van der Waals surface area contributed by atoms with Gasteiger partial charge in [-0.2, -0.15) is 0 Å². The highest BCUT2D eigenvalue weighted by molar-refractivity contribution is 9.11. The number of benzene rings is 1. The number of rotatable bonds is 6. The fourth-order valence-electron chi connectivity index (χ4n) is 2.37. The Morgan fingerprint density at radius 2 is 2.04 bits per heavy atom. The summed E-state index contributed by atoms with van der Waals surface area (Å²) in [6.45, 7) is 0. The van der Waals surface area contributed by atoms with Crippen molar-refractivity contribution in [2.75, 3.05) is 5.75 Å². The minimum atomic E-state index is -3.67. The second-order valence-electron chi connectivity index (χ2n) is 5.28. The Morgan fingerprint density at radius 1 is 1.29 bits per heavy atom. The normalized spacial score (nSPS) is 13.2. The number of para-hydroxylation sites is 2. The van der Waals surface area contributed by atoms with Crippen molar-refractivity contribution < 1.29 is 18.3 Å². The molecule has 0 unspecified atom stereocenters. The number of hydrogen-bond acceptors (Lipinski definition) is 5. The van der Waals surface area contributed by atoms with Crippen LogP contribution in [0.3, 0.4) is 0 Å². The number of fused-ring (bicyclic) bond motifs is 1. The third-order valence-corrected chi connectivity index (χ3v) is 7.52. The third-order valence-electron chi connectivity index (χ3n) is 3.50. The van der Waals surface area contributed by atoms with E-state index in [0.717, 1.165) is 22.4 Å². The molecular weight excluding hydrogens is 416 g/mol. The minimum Gasteiger partial charge on any atom is -0.481 e. The van der Waals surface area contributed by atoms with Gasteiger partial charge in [-0.3, -0.25) is 4.79 Å². The Morgan fingerprint density at radius 3 is 2.67 bits per heavy atom. The fraction of sp³-hybridized carbons (Fsp3) is 0.200. The molecule has 0 amide bonds. The summed E-state index contributed by atoms with van der Waals surface area (Å²) in [5.74, 6) is -2.23. The van der Waals surface area contributed by atoms with Crippen LogP contribution in [0.1, 0.15) is 5.82 Å². The number of carboxylic acids is 1. The number of carbonyl (C=O) groups is 1. The van der Waals surface area contributed by atoms with Crippen LogP contribution in [-0.2, 0) is 21.1 Å². The van der Waals surface area contributed by atoms with Gasteiger partial charge < -0.3 is 10.1 Å². The first kappa shape index (κ1) is 17.1. The van der Waals surface area contributed by atoms with Crippen molar-refractivity contribution in [3.8, 4) is 0 Å². The molecule has 24 heavy (non-hydrogen) atoms. The number of aliphatic carboxylic acids is 1. The summed E-state index contributed by atoms with van der Waals surface area (Å²) in [7, 11) is -3.67. The van der Waals surface area contributed by atoms with Gasteiger partial charge in [-0.15, -0.1) is 11.3 Å². The lowest BCUT2D eigenvalue weighted by Gasteiger charge is -2.10. The summed E-state index contributed by atoms with van der Waals surface area (Å²) in [5, 5.41) is 9.41. The highest BCUT2D eigenvalue weighted by atomic mass is 79.9. The van der Waals surface area contributed by atoms with Gasteiger partial charge in [0.05, 0.1) is 26.5 Å². The van der Waals surface area contributed by atoms with Crippen LogP contribution in [0.5, 0.6) is 0 Å². The first-order chi connectivity index (χ1) is 11.3. The number of halogens is 1. The van der Waals surface area contributed by atoms with Gasteiger partial charge in [-0.25, -0.2) is 13.4 Å². The number of hydrogen-bond donors (Lipinski definition) is 2. The van der Waals surface area contributed by atoms with E-state index in [0.29, 0.717) is 9.61 Å². The van der Waals surface area contributed by atoms with Crippen molar-refractivity contribution in [2.24, 2.45) is 5.92 Å². The quantitative estimate of drug-likeness (QED) is 0.627. The van der Waals surface area contributed by atoms with Crippen molar-refractivity contribution in [2.45, 2.75) is 10.6 Å². The Bertz CT molecular complexity index is 961. The van der Waals surface area contributed by atoms with E-state index in [2.05, 4.69) is 25.9 Å². The molecule has 0 radical (unpaired) electrons. The van der Waals surface area contributed by atoms with Crippen LogP contribution in [0.2, 0.25) is 0 Å². The van der Waals surface area contributed by atoms with Crippen LogP contribution in [0, 0.1) is 5.92 Å². The minimum absolute atomic E-state index is 0.0236. The molecule has 3 rings (SSSR count). The number of aromatic nitrogens is 2. The van der Waals surface area contributed by atoms with Gasteiger partial charge in [0, 0.05) is 6.42 Å². The van der Waals surface area contributed by atoms with E-state index < -0.39 is 27.5 Å². The van der Waals surface area contributed by atoms with E-state index in [1.54, 1.807) is 6.07 Å². The zero-order valence-corrected chi connectivity index (χ0v) is 15.5. The molecule has 0 saturated carbocycles. The monoisotopic (exact) mass is 428 g/mol. The molecule has 6 nitrogen and oxygen atoms in total. The maximum absolute atomic E-state index is 12.4. The van der Waals surface area contributed by atoms with Crippen molar-refractivity contribution in [3.63, 3.8) is 0 Å². The summed E-state index contributed by atoms with van der Waals surface area (Å²) in [6.07, 6.45) is 0.0236. The van der Waals surface area contributed by atoms with Gasteiger partial charge in [0.15, 0.2) is 9.84 Å². The topological polar surface area (TPSA) is 100 Å². The molecule has 0 fully saturated rings. The van der Waals surface area contributed by atoms with E-state index in [4.69, 9.17) is 0 Å². The lowest BCUT2D eigenvalue weighted by molar-refractivity contribution is -0.140. The van der Waals surface area contributed by atoms with E-state index in [9.17, 15) is 18.3 Å². The van der Waals surface area contributed by atoms with Crippen molar-refractivity contribution in [3.05, 3.63) is 46.0 Å². The first-order valence-electron chi connectivity index (χ1n) is 7.00. The molecule has 2 heterocycles. The number of H-pyrrole nitrogens is 1. The molecule has 1 atom stereocenters. The van der Waals surface area contributed by atoms with E-state index in [-0.39, 0.29) is 10.6 Å². The molecule has 2 N–H and O–H groups in total. The maximum atomic E-state index is 12.4. The smallest absolute Gasteiger partial charge is 0.307 e. The van der Waals surface area contributed by atoms with Gasteiger partial charge in [-0.05, 0) is 40.2 Å². The summed E-state index contributed by atoms with van der Waals surface area (Å²) in [6, 6.07) is 10.4. The summed E-state index contributed by atoms with van der Waals surface area (Å²) >= 11 is 4.29. The maximum Gasteiger partial charge on any atom is 0.307 e. The Labute approximate surface area is 150 Å². The zero-order chi connectivity index (χ0) is 17.3. The molecule has 0 bridgehead atoms. The second-order valence-corrected chi connectivity index (χ2v) is 10.0. The number of sulfone groups is 1. The molecule has 1 aromatic carbocycles. The summed E-state index contributed by atoms with van der Waals surface area (Å²) in [5.41, 5.74) is 1.52. The van der Waals surface area contributed by atoms with Gasteiger partial charge in [0.1, 0.15) is 10.0 Å². The number of nitrogens with one attached hydrogen (secondary N) is 1. The van der Waals surface area contributed by atoms with E-state index in [1.165, 1.54) is 6.07 Å². The number of imidazole rings is 1. The van der Waals surface area contributed by atoms with Crippen LogP contribution in [0.25, 0.3) is 11.0 Å². The predicted octanol–water partition coefficient (Wildman–Crippen LogP) is 3.10. The Balaban J connectivity index is 1.83. The summed E-state index contributed by atoms with van der Waals surface area (Å²) < 4.78 is 25.7. The van der Waals surface area contributed by atoms with Gasteiger partial charge in [-0.1, -0.05) is 12.1 Å². The lowest BCUT2D eigenvalue weighted by Crippen LogP contribution is -2.26. The number of nitrogens with zero attached hydrogens (tertiary/aromatic N) is 1. The molecule has 2 aromatic heterocycles. The molecule has 3 aromatic rings. The molecule has 9 heteroatoms. The molecule has 0 spiro atoms.